The largest absolute Gasteiger partial charge is 0.478 e. The van der Waals surface area contributed by atoms with Crippen LogP contribution < -0.4 is 0 Å². The summed E-state index contributed by atoms with van der Waals surface area (Å²) >= 11 is 0. The minimum absolute atomic E-state index is 0.0326. The maximum atomic E-state index is 10.3. The lowest BCUT2D eigenvalue weighted by atomic mass is 10.4. The van der Waals surface area contributed by atoms with E-state index in [0.29, 0.717) is 12.2 Å². The van der Waals surface area contributed by atoms with Crippen LogP contribution in [0.3, 0.4) is 0 Å². The van der Waals surface area contributed by atoms with Gasteiger partial charge in [0.05, 0.1) is 6.10 Å². The Labute approximate surface area is 97.6 Å². The first-order chi connectivity index (χ1) is 7.79. The molecule has 7 heteroatoms. The maximum Gasteiger partial charge on any atom is 0.330 e. The Morgan fingerprint density at radius 2 is 1.65 bits per heavy atom. The van der Waals surface area contributed by atoms with Gasteiger partial charge in [-0.25, -0.2) is 14.4 Å². The molecule has 0 aromatic rings. The molecule has 0 aliphatic carbocycles. The van der Waals surface area contributed by atoms with Crippen LogP contribution in [-0.4, -0.2) is 45.9 Å². The van der Waals surface area contributed by atoms with Crippen molar-refractivity contribution in [1.82, 2.24) is 0 Å². The van der Waals surface area contributed by atoms with Gasteiger partial charge in [-0.05, 0) is 6.92 Å². The van der Waals surface area contributed by atoms with Gasteiger partial charge < -0.3 is 20.1 Å². The standard InChI is InChI=1S/C6H10O3.C4H4O4/c1-3-6(8)9-4-5(2)7;5-3(6)1-2-4(7)8/h3,5,7H,1,4H2,2H3;1-2H,(H,5,6)(H,7,8). The van der Waals surface area contributed by atoms with Crippen LogP contribution in [0.2, 0.25) is 0 Å². The fourth-order valence-electron chi connectivity index (χ4n) is 0.404. The van der Waals surface area contributed by atoms with Gasteiger partial charge in [-0.2, -0.15) is 0 Å². The number of aliphatic hydroxyl groups excluding tert-OH is 1. The van der Waals surface area contributed by atoms with Crippen LogP contribution in [-0.2, 0) is 19.1 Å². The van der Waals surface area contributed by atoms with Crippen molar-refractivity contribution >= 4 is 17.9 Å². The number of carboxylic acids is 2. The fourth-order valence-corrected chi connectivity index (χ4v) is 0.404. The molecule has 0 aliphatic rings. The molecule has 0 radical (unpaired) electrons. The number of aliphatic carboxylic acids is 2. The minimum Gasteiger partial charge on any atom is -0.478 e. The number of carbonyl (C=O) groups excluding carboxylic acids is 1. The van der Waals surface area contributed by atoms with Crippen molar-refractivity contribution in [2.75, 3.05) is 6.61 Å². The fraction of sp³-hybridized carbons (Fsp3) is 0.300. The third kappa shape index (κ3) is 20.0. The van der Waals surface area contributed by atoms with Gasteiger partial charge in [0, 0.05) is 18.2 Å². The Balaban J connectivity index is 0. The van der Waals surface area contributed by atoms with E-state index in [2.05, 4.69) is 11.3 Å². The number of hydrogen-bond acceptors (Lipinski definition) is 5. The first kappa shape index (κ1) is 17.3. The van der Waals surface area contributed by atoms with Crippen molar-refractivity contribution in [2.24, 2.45) is 0 Å². The van der Waals surface area contributed by atoms with Crippen LogP contribution in [0.25, 0.3) is 0 Å². The van der Waals surface area contributed by atoms with E-state index in [1.165, 1.54) is 6.92 Å². The molecular weight excluding hydrogens is 232 g/mol. The molecule has 0 aromatic heterocycles. The minimum atomic E-state index is -1.26. The second-order valence-corrected chi connectivity index (χ2v) is 2.69. The van der Waals surface area contributed by atoms with E-state index in [1.807, 2.05) is 0 Å². The summed E-state index contributed by atoms with van der Waals surface area (Å²) in [6.45, 7) is 4.75. The first-order valence-corrected chi connectivity index (χ1v) is 4.40. The zero-order valence-electron chi connectivity index (χ0n) is 9.20. The Morgan fingerprint density at radius 1 is 1.24 bits per heavy atom. The summed E-state index contributed by atoms with van der Waals surface area (Å²) in [7, 11) is 0. The number of rotatable bonds is 5. The molecule has 0 bridgehead atoms. The van der Waals surface area contributed by atoms with Gasteiger partial charge in [-0.15, -0.1) is 0 Å². The van der Waals surface area contributed by atoms with Gasteiger partial charge in [0.1, 0.15) is 6.61 Å². The highest BCUT2D eigenvalue weighted by Gasteiger charge is 1.98. The van der Waals surface area contributed by atoms with E-state index in [9.17, 15) is 14.4 Å². The molecular formula is C10H14O7. The van der Waals surface area contributed by atoms with Gasteiger partial charge in [0.15, 0.2) is 0 Å². The predicted molar refractivity (Wildman–Crippen MR) is 57.2 cm³/mol. The molecule has 96 valence electrons. The molecule has 0 aliphatic heterocycles. The molecule has 0 amide bonds. The van der Waals surface area contributed by atoms with Crippen molar-refractivity contribution in [1.29, 1.82) is 0 Å². The van der Waals surface area contributed by atoms with Crippen molar-refractivity contribution in [3.05, 3.63) is 24.8 Å². The van der Waals surface area contributed by atoms with Gasteiger partial charge in [0.2, 0.25) is 0 Å². The molecule has 0 rings (SSSR count). The molecule has 17 heavy (non-hydrogen) atoms. The Morgan fingerprint density at radius 3 is 1.88 bits per heavy atom. The summed E-state index contributed by atoms with van der Waals surface area (Å²) in [6, 6.07) is 0. The average molecular weight is 246 g/mol. The number of hydrogen-bond donors (Lipinski definition) is 3. The van der Waals surface area contributed by atoms with Crippen molar-refractivity contribution in [3.8, 4) is 0 Å². The second kappa shape index (κ2) is 10.4. The van der Waals surface area contributed by atoms with Gasteiger partial charge in [-0.3, -0.25) is 0 Å². The quantitative estimate of drug-likeness (QED) is 0.454. The molecule has 0 saturated heterocycles. The number of ether oxygens (including phenoxy) is 1. The smallest absolute Gasteiger partial charge is 0.330 e. The Kier molecular flexibility index (Phi) is 10.5. The molecule has 0 spiro atoms. The number of carbonyl (C=O) groups is 3. The average Bonchev–Trinajstić information content (AvgIpc) is 2.23. The molecule has 0 heterocycles. The summed E-state index contributed by atoms with van der Waals surface area (Å²) in [5.74, 6) is -3.02. The van der Waals surface area contributed by atoms with Crippen LogP contribution >= 0.6 is 0 Å². The molecule has 0 aromatic carbocycles. The van der Waals surface area contributed by atoms with Crippen molar-refractivity contribution < 1.29 is 34.4 Å². The molecule has 7 nitrogen and oxygen atoms in total. The summed E-state index contributed by atoms with van der Waals surface area (Å²) in [5.41, 5.74) is 0. The van der Waals surface area contributed by atoms with E-state index in [0.717, 1.165) is 6.08 Å². The molecule has 1 unspecified atom stereocenters. The highest BCUT2D eigenvalue weighted by molar-refractivity contribution is 5.89. The SMILES string of the molecule is C=CC(=O)OCC(C)O.O=C(O)C=CC(=O)O. The normalized spacial score (nSPS) is 10.9. The summed E-state index contributed by atoms with van der Waals surface area (Å²) in [5, 5.41) is 24.2. The lowest BCUT2D eigenvalue weighted by Gasteiger charge is -2.02. The zero-order chi connectivity index (χ0) is 13.8. The highest BCUT2D eigenvalue weighted by atomic mass is 16.5. The van der Waals surface area contributed by atoms with Gasteiger partial charge >= 0.3 is 17.9 Å². The molecule has 0 fully saturated rings. The van der Waals surface area contributed by atoms with E-state index < -0.39 is 24.0 Å². The van der Waals surface area contributed by atoms with E-state index in [4.69, 9.17) is 15.3 Å². The monoisotopic (exact) mass is 246 g/mol. The third-order valence-electron chi connectivity index (χ3n) is 1.00. The predicted octanol–water partition coefficient (Wildman–Crippen LogP) is -0.192. The highest BCUT2D eigenvalue weighted by Crippen LogP contribution is 1.83. The number of aliphatic hydroxyl groups is 1. The van der Waals surface area contributed by atoms with Crippen LogP contribution in [0.4, 0.5) is 0 Å². The van der Waals surface area contributed by atoms with Crippen LogP contribution in [0.5, 0.6) is 0 Å². The van der Waals surface area contributed by atoms with Gasteiger partial charge in [0.25, 0.3) is 0 Å². The lowest BCUT2D eigenvalue weighted by molar-refractivity contribution is -0.140. The molecule has 3 N–H and O–H groups in total. The summed E-state index contributed by atoms with van der Waals surface area (Å²) < 4.78 is 4.45. The van der Waals surface area contributed by atoms with Crippen molar-refractivity contribution in [3.63, 3.8) is 0 Å². The van der Waals surface area contributed by atoms with Crippen molar-refractivity contribution in [2.45, 2.75) is 13.0 Å². The number of carboxylic acid groups (broad SMARTS) is 2. The van der Waals surface area contributed by atoms with Crippen LogP contribution in [0, 0.1) is 0 Å². The molecule has 0 saturated carbocycles. The van der Waals surface area contributed by atoms with Gasteiger partial charge in [-0.1, -0.05) is 6.58 Å². The lowest BCUT2D eigenvalue weighted by Crippen LogP contribution is -2.13. The number of esters is 1. The Hall–Kier alpha value is -2.15. The second-order valence-electron chi connectivity index (χ2n) is 2.69. The van der Waals surface area contributed by atoms with E-state index in [-0.39, 0.29) is 6.61 Å². The molecule has 1 atom stereocenters. The third-order valence-corrected chi connectivity index (χ3v) is 1.00. The zero-order valence-corrected chi connectivity index (χ0v) is 9.20. The van der Waals surface area contributed by atoms with Crippen LogP contribution in [0.1, 0.15) is 6.92 Å². The summed E-state index contributed by atoms with van der Waals surface area (Å²) in [4.78, 5) is 29.4. The topological polar surface area (TPSA) is 121 Å². The Bertz CT molecular complexity index is 288. The first-order valence-electron chi connectivity index (χ1n) is 4.40. The maximum absolute atomic E-state index is 10.3. The van der Waals surface area contributed by atoms with Crippen LogP contribution in [0.15, 0.2) is 24.8 Å². The summed E-state index contributed by atoms with van der Waals surface area (Å²) in [6.07, 6.45) is 1.57. The van der Waals surface area contributed by atoms with E-state index in [1.54, 1.807) is 0 Å². The van der Waals surface area contributed by atoms with E-state index >= 15 is 0 Å².